The fourth-order valence-corrected chi connectivity index (χ4v) is 2.56. The fourth-order valence-electron chi connectivity index (χ4n) is 2.56. The highest BCUT2D eigenvalue weighted by Gasteiger charge is 2.36. The summed E-state index contributed by atoms with van der Waals surface area (Å²) in [6.45, 7) is 2.42. The Kier molecular flexibility index (Phi) is 0.902. The fraction of sp³-hybridized carbons (Fsp3) is 1.00. The quantitative estimate of drug-likeness (QED) is 0.449. The molecular formula is C8H14. The third kappa shape index (κ3) is 0.519. The van der Waals surface area contributed by atoms with E-state index in [1.54, 1.807) is 25.7 Å². The van der Waals surface area contributed by atoms with Crippen molar-refractivity contribution in [1.29, 1.82) is 0 Å². The van der Waals surface area contributed by atoms with Gasteiger partial charge in [0.15, 0.2) is 0 Å². The van der Waals surface area contributed by atoms with Gasteiger partial charge in [-0.05, 0) is 37.0 Å². The van der Waals surface area contributed by atoms with Crippen LogP contribution >= 0.6 is 0 Å². The van der Waals surface area contributed by atoms with Gasteiger partial charge in [-0.1, -0.05) is 13.3 Å². The molecule has 8 heavy (non-hydrogen) atoms. The Balaban J connectivity index is 2.11. The van der Waals surface area contributed by atoms with E-state index < -0.39 is 0 Å². The number of fused-ring (bicyclic) bond motifs is 2. The van der Waals surface area contributed by atoms with Gasteiger partial charge in [0.1, 0.15) is 0 Å². The third-order valence-corrected chi connectivity index (χ3v) is 3.09. The summed E-state index contributed by atoms with van der Waals surface area (Å²) in [4.78, 5) is 0. The van der Waals surface area contributed by atoms with Crippen molar-refractivity contribution in [2.45, 2.75) is 32.6 Å². The number of hydrogen-bond acceptors (Lipinski definition) is 0. The van der Waals surface area contributed by atoms with Gasteiger partial charge in [0.2, 0.25) is 0 Å². The smallest absolute Gasteiger partial charge is 0.0386 e. The molecule has 0 heterocycles. The summed E-state index contributed by atoms with van der Waals surface area (Å²) in [5, 5.41) is 0. The lowest BCUT2D eigenvalue weighted by atomic mass is 9.91. The maximum absolute atomic E-state index is 2.42. The predicted molar refractivity (Wildman–Crippen MR) is 34.6 cm³/mol. The molecule has 2 saturated carbocycles. The second kappa shape index (κ2) is 1.49. The maximum Gasteiger partial charge on any atom is -0.0386 e. The van der Waals surface area contributed by atoms with E-state index in [1.807, 2.05) is 0 Å². The Hall–Kier alpha value is 0. The highest BCUT2D eigenvalue weighted by Crippen LogP contribution is 2.47. The largest absolute Gasteiger partial charge is 0.0622 e. The van der Waals surface area contributed by atoms with Gasteiger partial charge < -0.3 is 0 Å². The minimum absolute atomic E-state index is 1.08. The van der Waals surface area contributed by atoms with Crippen LogP contribution in [-0.4, -0.2) is 0 Å². The van der Waals surface area contributed by atoms with Crippen LogP contribution in [0.4, 0.5) is 0 Å². The molecule has 2 aliphatic carbocycles. The third-order valence-electron chi connectivity index (χ3n) is 3.09. The number of hydrogen-bond donors (Lipinski definition) is 0. The van der Waals surface area contributed by atoms with Gasteiger partial charge in [-0.3, -0.25) is 0 Å². The van der Waals surface area contributed by atoms with E-state index >= 15 is 0 Å². The molecular weight excluding hydrogens is 96.1 g/mol. The Morgan fingerprint density at radius 2 is 2.00 bits per heavy atom. The molecule has 0 aromatic rings. The number of rotatable bonds is 0. The molecule has 0 spiro atoms. The van der Waals surface area contributed by atoms with E-state index in [4.69, 9.17) is 0 Å². The normalized spacial score (nSPS) is 52.9. The summed E-state index contributed by atoms with van der Waals surface area (Å²) in [5.74, 6) is 3.36. The molecule has 2 bridgehead atoms. The van der Waals surface area contributed by atoms with Gasteiger partial charge in [-0.2, -0.15) is 0 Å². The lowest BCUT2D eigenvalue weighted by Crippen LogP contribution is -2.04. The van der Waals surface area contributed by atoms with Crippen LogP contribution in [-0.2, 0) is 0 Å². The van der Waals surface area contributed by atoms with Crippen LogP contribution in [0.2, 0.25) is 0 Å². The average Bonchev–Trinajstić information content (AvgIpc) is 2.23. The van der Waals surface area contributed by atoms with Crippen molar-refractivity contribution in [3.05, 3.63) is 0 Å². The van der Waals surface area contributed by atoms with E-state index in [0.29, 0.717) is 0 Å². The van der Waals surface area contributed by atoms with Gasteiger partial charge in [-0.15, -0.1) is 0 Å². The standard InChI is InChI=1S/C8H14/c1-6-4-7-2-3-8(6)5-7/h6-8H,2-5H2,1H3/t6?,7?,8-/m1/s1. The molecule has 2 fully saturated rings. The summed E-state index contributed by atoms with van der Waals surface area (Å²) in [6, 6.07) is 0. The van der Waals surface area contributed by atoms with Crippen LogP contribution in [0.5, 0.6) is 0 Å². The monoisotopic (exact) mass is 110 g/mol. The lowest BCUT2D eigenvalue weighted by Gasteiger charge is -2.15. The maximum atomic E-state index is 2.42. The van der Waals surface area contributed by atoms with Gasteiger partial charge in [-0.25, -0.2) is 0 Å². The van der Waals surface area contributed by atoms with Crippen molar-refractivity contribution in [3.63, 3.8) is 0 Å². The summed E-state index contributed by atoms with van der Waals surface area (Å²) in [6.07, 6.45) is 6.21. The molecule has 46 valence electrons. The van der Waals surface area contributed by atoms with E-state index in [-0.39, 0.29) is 0 Å². The molecule has 3 atom stereocenters. The first-order valence-corrected chi connectivity index (χ1v) is 3.86. The van der Waals surface area contributed by atoms with Crippen molar-refractivity contribution in [1.82, 2.24) is 0 Å². The minimum Gasteiger partial charge on any atom is -0.0622 e. The van der Waals surface area contributed by atoms with Crippen molar-refractivity contribution in [3.8, 4) is 0 Å². The topological polar surface area (TPSA) is 0 Å². The first-order chi connectivity index (χ1) is 3.86. The summed E-state index contributed by atoms with van der Waals surface area (Å²) in [5.41, 5.74) is 0. The van der Waals surface area contributed by atoms with Crippen LogP contribution < -0.4 is 0 Å². The van der Waals surface area contributed by atoms with Crippen LogP contribution in [0.15, 0.2) is 0 Å². The predicted octanol–water partition coefficient (Wildman–Crippen LogP) is 2.44. The van der Waals surface area contributed by atoms with Gasteiger partial charge >= 0.3 is 0 Å². The first-order valence-electron chi connectivity index (χ1n) is 3.86. The lowest BCUT2D eigenvalue weighted by molar-refractivity contribution is 0.360. The van der Waals surface area contributed by atoms with Crippen molar-refractivity contribution < 1.29 is 0 Å². The Morgan fingerprint density at radius 3 is 2.25 bits per heavy atom. The second-order valence-electron chi connectivity index (χ2n) is 3.65. The molecule has 0 aromatic heterocycles. The highest BCUT2D eigenvalue weighted by atomic mass is 14.4. The zero-order chi connectivity index (χ0) is 5.56. The molecule has 0 N–H and O–H groups in total. The summed E-state index contributed by atoms with van der Waals surface area (Å²) in [7, 11) is 0. The van der Waals surface area contributed by atoms with Gasteiger partial charge in [0.25, 0.3) is 0 Å². The van der Waals surface area contributed by atoms with E-state index in [1.165, 1.54) is 0 Å². The Morgan fingerprint density at radius 1 is 1.12 bits per heavy atom. The Labute approximate surface area is 51.3 Å². The minimum atomic E-state index is 1.08. The molecule has 2 unspecified atom stereocenters. The highest BCUT2D eigenvalue weighted by molar-refractivity contribution is 4.87. The van der Waals surface area contributed by atoms with Crippen molar-refractivity contribution in [2.24, 2.45) is 17.8 Å². The van der Waals surface area contributed by atoms with E-state index in [2.05, 4.69) is 6.92 Å². The van der Waals surface area contributed by atoms with Crippen molar-refractivity contribution >= 4 is 0 Å². The molecule has 0 saturated heterocycles. The van der Waals surface area contributed by atoms with Gasteiger partial charge in [0.05, 0.1) is 0 Å². The van der Waals surface area contributed by atoms with Crippen LogP contribution in [0.25, 0.3) is 0 Å². The summed E-state index contributed by atoms with van der Waals surface area (Å²) < 4.78 is 0. The Bertz CT molecular complexity index is 94.2. The molecule has 2 rings (SSSR count). The molecule has 2 aliphatic rings. The molecule has 0 aromatic carbocycles. The SMILES string of the molecule is CC1CC2CC[C@@H]1C2. The van der Waals surface area contributed by atoms with Crippen LogP contribution in [0.3, 0.4) is 0 Å². The van der Waals surface area contributed by atoms with Gasteiger partial charge in [0, 0.05) is 0 Å². The van der Waals surface area contributed by atoms with Crippen molar-refractivity contribution in [2.75, 3.05) is 0 Å². The molecule has 0 amide bonds. The van der Waals surface area contributed by atoms with E-state index in [0.717, 1.165) is 17.8 Å². The molecule has 0 nitrogen and oxygen atoms in total. The van der Waals surface area contributed by atoms with Crippen LogP contribution in [0, 0.1) is 17.8 Å². The first kappa shape index (κ1) is 4.84. The second-order valence-corrected chi connectivity index (χ2v) is 3.65. The average molecular weight is 110 g/mol. The van der Waals surface area contributed by atoms with E-state index in [9.17, 15) is 0 Å². The van der Waals surface area contributed by atoms with Crippen LogP contribution in [0.1, 0.15) is 32.6 Å². The summed E-state index contributed by atoms with van der Waals surface area (Å²) >= 11 is 0. The molecule has 0 radical (unpaired) electrons. The zero-order valence-corrected chi connectivity index (χ0v) is 5.56. The zero-order valence-electron chi connectivity index (χ0n) is 5.56. The molecule has 0 aliphatic heterocycles. The molecule has 0 heteroatoms.